The Kier molecular flexibility index (Phi) is 8.27. The molecule has 1 aliphatic heterocycles. The fourth-order valence-corrected chi connectivity index (χ4v) is 7.34. The number of carboxylic acid groups (broad SMARTS) is 1. The van der Waals surface area contributed by atoms with E-state index in [9.17, 15) is 29.1 Å². The highest BCUT2D eigenvalue weighted by molar-refractivity contribution is 6.23. The largest absolute Gasteiger partial charge is 0.507 e. The van der Waals surface area contributed by atoms with Crippen LogP contribution in [0, 0.1) is 17.8 Å². The van der Waals surface area contributed by atoms with E-state index in [1.165, 1.54) is 17.0 Å². The number of imide groups is 1. The summed E-state index contributed by atoms with van der Waals surface area (Å²) in [5.74, 6) is -4.12. The minimum Gasteiger partial charge on any atom is -0.507 e. The molecule has 3 aliphatic carbocycles. The lowest BCUT2D eigenvalue weighted by molar-refractivity contribution is -0.141. The number of carbonyl (C=O) groups is 5. The molecule has 4 aliphatic rings. The number of allylic oxidation sites excluding steroid dienone is 6. The quantitative estimate of drug-likeness (QED) is 0.165. The molecule has 232 valence electrons. The van der Waals surface area contributed by atoms with Crippen LogP contribution in [-0.2, 0) is 30.6 Å². The summed E-state index contributed by atoms with van der Waals surface area (Å²) in [5, 5.41) is 20.2. The van der Waals surface area contributed by atoms with E-state index in [1.54, 1.807) is 19.1 Å². The number of Topliss-reactive ketones (excluding diaryl/α,β-unsaturated/α-hetero) is 1. The zero-order chi connectivity index (χ0) is 31.8. The molecule has 1 saturated heterocycles. The lowest BCUT2D eigenvalue weighted by atomic mass is 9.59. The highest BCUT2D eigenvalue weighted by atomic mass is 16.5. The Bertz CT molecular complexity index is 1680. The molecule has 4 atom stereocenters. The Labute approximate surface area is 260 Å². The van der Waals surface area contributed by atoms with Gasteiger partial charge < -0.3 is 14.9 Å². The van der Waals surface area contributed by atoms with E-state index in [0.29, 0.717) is 60.3 Å². The number of ketones is 2. The molecule has 0 saturated carbocycles. The number of benzene rings is 2. The van der Waals surface area contributed by atoms with Crippen LogP contribution < -0.4 is 4.74 Å². The van der Waals surface area contributed by atoms with E-state index < -0.39 is 29.6 Å². The van der Waals surface area contributed by atoms with Gasteiger partial charge in [-0.2, -0.15) is 0 Å². The van der Waals surface area contributed by atoms with Gasteiger partial charge in [0.15, 0.2) is 11.6 Å². The topological polar surface area (TPSA) is 138 Å². The van der Waals surface area contributed by atoms with Crippen molar-refractivity contribution in [2.24, 2.45) is 17.8 Å². The average Bonchev–Trinajstić information content (AvgIpc) is 3.27. The number of carboxylic acids is 1. The molecule has 4 unspecified atom stereocenters. The number of unbranched alkanes of at least 4 members (excludes halogenated alkanes) is 2. The van der Waals surface area contributed by atoms with Crippen molar-refractivity contribution in [2.45, 2.75) is 58.0 Å². The number of phenols is 1. The van der Waals surface area contributed by atoms with Crippen LogP contribution in [0.25, 0.3) is 0 Å². The number of rotatable bonds is 10. The summed E-state index contributed by atoms with van der Waals surface area (Å²) >= 11 is 0. The summed E-state index contributed by atoms with van der Waals surface area (Å²) in [7, 11) is 0. The van der Waals surface area contributed by atoms with Crippen LogP contribution in [-0.4, -0.2) is 51.0 Å². The molecule has 2 amide bonds. The lowest BCUT2D eigenvalue weighted by Gasteiger charge is -2.42. The van der Waals surface area contributed by atoms with E-state index in [-0.39, 0.29) is 48.5 Å². The van der Waals surface area contributed by atoms with Crippen molar-refractivity contribution in [3.05, 3.63) is 94.1 Å². The van der Waals surface area contributed by atoms with Crippen LogP contribution >= 0.6 is 0 Å². The Morgan fingerprint density at radius 3 is 2.49 bits per heavy atom. The van der Waals surface area contributed by atoms with E-state index in [4.69, 9.17) is 9.84 Å². The standard InChI is InChI=1S/C36H35NO8/c1-20-16-29(39)33-27(34(20)42)18-26-23(13-14-25-32(26)36(44)37(35(25)43)15-7-3-6-10-30(40)41)31(33)24-12-11-22(17-28(24)38)45-19-21-8-4-2-5-9-21/h2,4-5,8-9,11-13,16-17,25-26,31-32,38H,3,6-7,10,14-15,18-19H2,1H3,(H,40,41). The summed E-state index contributed by atoms with van der Waals surface area (Å²) in [6, 6.07) is 14.5. The van der Waals surface area contributed by atoms with Gasteiger partial charge in [-0.3, -0.25) is 28.9 Å². The number of aliphatic carboxylic acids is 1. The number of nitrogens with zero attached hydrogens (tertiary/aromatic N) is 1. The van der Waals surface area contributed by atoms with Crippen molar-refractivity contribution in [1.29, 1.82) is 0 Å². The second-order valence-corrected chi connectivity index (χ2v) is 12.3. The second-order valence-electron chi connectivity index (χ2n) is 12.3. The molecule has 2 N–H and O–H groups in total. The number of phenolic OH excluding ortho intramolecular Hbond substituents is 1. The third kappa shape index (κ3) is 5.63. The Hall–Kier alpha value is -4.79. The van der Waals surface area contributed by atoms with Gasteiger partial charge >= 0.3 is 5.97 Å². The van der Waals surface area contributed by atoms with Gasteiger partial charge in [-0.05, 0) is 56.2 Å². The zero-order valence-corrected chi connectivity index (χ0v) is 25.0. The lowest BCUT2D eigenvalue weighted by Crippen LogP contribution is -2.39. The monoisotopic (exact) mass is 609 g/mol. The molecule has 9 nitrogen and oxygen atoms in total. The van der Waals surface area contributed by atoms with Crippen molar-refractivity contribution >= 4 is 29.4 Å². The van der Waals surface area contributed by atoms with E-state index in [1.807, 2.05) is 36.4 Å². The van der Waals surface area contributed by atoms with Gasteiger partial charge in [0, 0.05) is 47.2 Å². The number of likely N-dealkylation sites (tertiary alicyclic amines) is 1. The number of carbonyl (C=O) groups excluding carboxylic acids is 4. The van der Waals surface area contributed by atoms with Crippen LogP contribution in [0.5, 0.6) is 11.5 Å². The molecule has 1 fully saturated rings. The molecular weight excluding hydrogens is 574 g/mol. The number of hydrogen-bond donors (Lipinski definition) is 2. The molecule has 0 spiro atoms. The number of hydrogen-bond acceptors (Lipinski definition) is 7. The van der Waals surface area contributed by atoms with Crippen LogP contribution in [0.2, 0.25) is 0 Å². The Balaban J connectivity index is 1.31. The molecule has 45 heavy (non-hydrogen) atoms. The van der Waals surface area contributed by atoms with Crippen LogP contribution in [0.1, 0.15) is 62.5 Å². The molecule has 6 rings (SSSR count). The molecule has 9 heteroatoms. The maximum Gasteiger partial charge on any atom is 0.303 e. The van der Waals surface area contributed by atoms with Gasteiger partial charge in [-0.15, -0.1) is 0 Å². The second kappa shape index (κ2) is 12.3. The van der Waals surface area contributed by atoms with Crippen molar-refractivity contribution in [3.63, 3.8) is 0 Å². The first-order valence-corrected chi connectivity index (χ1v) is 15.4. The van der Waals surface area contributed by atoms with Gasteiger partial charge in [0.2, 0.25) is 11.8 Å². The SMILES string of the molecule is CC1=CC(=O)C2=C(CC3C(=CCC4C(=O)N(CCCCCC(=O)O)C(=O)C43)C2c2ccc(OCc3ccccc3)cc2O)C1=O. The molecule has 0 aromatic heterocycles. The summed E-state index contributed by atoms with van der Waals surface area (Å²) in [6.07, 6.45) is 5.33. The number of aromatic hydroxyl groups is 1. The fraction of sp³-hybridized carbons (Fsp3) is 0.361. The number of fused-ring (bicyclic) bond motifs is 3. The van der Waals surface area contributed by atoms with Crippen LogP contribution in [0.15, 0.2) is 83.0 Å². The van der Waals surface area contributed by atoms with Gasteiger partial charge in [0.25, 0.3) is 0 Å². The molecule has 0 bridgehead atoms. The van der Waals surface area contributed by atoms with Crippen LogP contribution in [0.4, 0.5) is 0 Å². The molecular formula is C36H35NO8. The van der Waals surface area contributed by atoms with Crippen LogP contribution in [0.3, 0.4) is 0 Å². The van der Waals surface area contributed by atoms with Gasteiger partial charge in [-0.25, -0.2) is 0 Å². The zero-order valence-electron chi connectivity index (χ0n) is 25.0. The third-order valence-electron chi connectivity index (χ3n) is 9.49. The Morgan fingerprint density at radius 1 is 0.978 bits per heavy atom. The van der Waals surface area contributed by atoms with Gasteiger partial charge in [0.05, 0.1) is 11.8 Å². The number of amides is 2. The van der Waals surface area contributed by atoms with Crippen molar-refractivity contribution in [1.82, 2.24) is 4.90 Å². The molecule has 0 radical (unpaired) electrons. The normalized spacial score (nSPS) is 24.2. The maximum absolute atomic E-state index is 13.8. The Morgan fingerprint density at radius 2 is 1.76 bits per heavy atom. The first-order valence-electron chi connectivity index (χ1n) is 15.4. The summed E-state index contributed by atoms with van der Waals surface area (Å²) in [5.41, 5.74) is 3.14. The fourth-order valence-electron chi connectivity index (χ4n) is 7.34. The first-order chi connectivity index (χ1) is 21.7. The van der Waals surface area contributed by atoms with E-state index >= 15 is 0 Å². The van der Waals surface area contributed by atoms with Gasteiger partial charge in [0.1, 0.15) is 18.1 Å². The third-order valence-corrected chi connectivity index (χ3v) is 9.49. The maximum atomic E-state index is 13.8. The predicted octanol–water partition coefficient (Wildman–Crippen LogP) is 5.05. The van der Waals surface area contributed by atoms with E-state index in [2.05, 4.69) is 0 Å². The highest BCUT2D eigenvalue weighted by Gasteiger charge is 2.56. The highest BCUT2D eigenvalue weighted by Crippen LogP contribution is 2.56. The molecule has 2 aromatic rings. The number of ether oxygens (including phenoxy) is 1. The predicted molar refractivity (Wildman–Crippen MR) is 163 cm³/mol. The van der Waals surface area contributed by atoms with E-state index in [0.717, 1.165) is 11.1 Å². The molecule has 2 aromatic carbocycles. The van der Waals surface area contributed by atoms with Gasteiger partial charge in [-0.1, -0.05) is 54.5 Å². The van der Waals surface area contributed by atoms with Crippen molar-refractivity contribution in [2.75, 3.05) is 6.54 Å². The minimum atomic E-state index is -0.880. The summed E-state index contributed by atoms with van der Waals surface area (Å²) < 4.78 is 5.90. The average molecular weight is 610 g/mol. The molecule has 1 heterocycles. The smallest absolute Gasteiger partial charge is 0.303 e. The first kappa shape index (κ1) is 30.2. The summed E-state index contributed by atoms with van der Waals surface area (Å²) in [4.78, 5) is 66.4. The minimum absolute atomic E-state index is 0.0366. The van der Waals surface area contributed by atoms with Crippen molar-refractivity contribution in [3.8, 4) is 11.5 Å². The van der Waals surface area contributed by atoms with Crippen molar-refractivity contribution < 1.29 is 38.9 Å². The summed E-state index contributed by atoms with van der Waals surface area (Å²) in [6.45, 7) is 2.12.